The second-order valence-corrected chi connectivity index (χ2v) is 4.86. The molecule has 98 valence electrons. The predicted molar refractivity (Wildman–Crippen MR) is 74.1 cm³/mol. The summed E-state index contributed by atoms with van der Waals surface area (Å²) in [5, 5.41) is 0. The van der Waals surface area contributed by atoms with Gasteiger partial charge in [0.25, 0.3) is 0 Å². The SMILES string of the molecule is Nc1cc(Br)cc(C(=O)OCc2ccccc2F)c1. The molecule has 0 saturated carbocycles. The maximum Gasteiger partial charge on any atom is 0.338 e. The van der Waals surface area contributed by atoms with E-state index in [1.165, 1.54) is 12.1 Å². The lowest BCUT2D eigenvalue weighted by Gasteiger charge is -2.07. The lowest BCUT2D eigenvalue weighted by Crippen LogP contribution is -2.06. The number of hydrogen-bond acceptors (Lipinski definition) is 3. The maximum atomic E-state index is 13.4. The largest absolute Gasteiger partial charge is 0.457 e. The van der Waals surface area contributed by atoms with Gasteiger partial charge in [-0.1, -0.05) is 34.1 Å². The van der Waals surface area contributed by atoms with E-state index in [1.807, 2.05) is 0 Å². The van der Waals surface area contributed by atoms with Crippen molar-refractivity contribution in [1.82, 2.24) is 0 Å². The Kier molecular flexibility index (Phi) is 4.16. The molecule has 0 aromatic heterocycles. The fourth-order valence-corrected chi connectivity index (χ4v) is 2.08. The van der Waals surface area contributed by atoms with E-state index in [-0.39, 0.29) is 6.61 Å². The molecule has 2 N–H and O–H groups in total. The minimum Gasteiger partial charge on any atom is -0.457 e. The van der Waals surface area contributed by atoms with Crippen LogP contribution in [-0.4, -0.2) is 5.97 Å². The molecule has 2 aromatic carbocycles. The fraction of sp³-hybridized carbons (Fsp3) is 0.0714. The van der Waals surface area contributed by atoms with E-state index in [9.17, 15) is 9.18 Å². The zero-order chi connectivity index (χ0) is 13.8. The van der Waals surface area contributed by atoms with Gasteiger partial charge in [-0.15, -0.1) is 0 Å². The molecular weight excluding hydrogens is 313 g/mol. The second kappa shape index (κ2) is 5.84. The average molecular weight is 324 g/mol. The van der Waals surface area contributed by atoms with Crippen molar-refractivity contribution in [1.29, 1.82) is 0 Å². The van der Waals surface area contributed by atoms with E-state index >= 15 is 0 Å². The Bertz CT molecular complexity index is 596. The van der Waals surface area contributed by atoms with E-state index in [0.29, 0.717) is 21.3 Å². The number of carbonyl (C=O) groups excluding carboxylic acids is 1. The molecular formula is C14H11BrFNO2. The van der Waals surface area contributed by atoms with Crippen LogP contribution in [0, 0.1) is 5.82 Å². The summed E-state index contributed by atoms with van der Waals surface area (Å²) < 4.78 is 19.1. The number of nitrogens with two attached hydrogens (primary N) is 1. The predicted octanol–water partition coefficient (Wildman–Crippen LogP) is 3.53. The van der Waals surface area contributed by atoms with Crippen molar-refractivity contribution in [3.05, 3.63) is 63.9 Å². The Labute approximate surface area is 118 Å². The first-order valence-corrected chi connectivity index (χ1v) is 6.32. The van der Waals surface area contributed by atoms with Crippen LogP contribution in [0.25, 0.3) is 0 Å². The topological polar surface area (TPSA) is 52.3 Å². The molecule has 0 radical (unpaired) electrons. The summed E-state index contributed by atoms with van der Waals surface area (Å²) in [7, 11) is 0. The molecule has 19 heavy (non-hydrogen) atoms. The Morgan fingerprint density at radius 3 is 2.68 bits per heavy atom. The monoisotopic (exact) mass is 323 g/mol. The lowest BCUT2D eigenvalue weighted by molar-refractivity contribution is 0.0469. The summed E-state index contributed by atoms with van der Waals surface area (Å²) in [4.78, 5) is 11.8. The summed E-state index contributed by atoms with van der Waals surface area (Å²) in [6.07, 6.45) is 0. The van der Waals surface area contributed by atoms with E-state index in [2.05, 4.69) is 15.9 Å². The third-order valence-corrected chi connectivity index (χ3v) is 2.93. The van der Waals surface area contributed by atoms with E-state index in [4.69, 9.17) is 10.5 Å². The number of esters is 1. The molecule has 2 aromatic rings. The number of nitrogen functional groups attached to an aromatic ring is 1. The summed E-state index contributed by atoms with van der Waals surface area (Å²) in [6.45, 7) is -0.113. The number of benzene rings is 2. The smallest absolute Gasteiger partial charge is 0.338 e. The Morgan fingerprint density at radius 2 is 2.00 bits per heavy atom. The maximum absolute atomic E-state index is 13.4. The molecule has 0 amide bonds. The molecule has 0 heterocycles. The van der Waals surface area contributed by atoms with Gasteiger partial charge in [0.1, 0.15) is 12.4 Å². The molecule has 0 fully saturated rings. The third kappa shape index (κ3) is 3.54. The number of halogens is 2. The van der Waals surface area contributed by atoms with Gasteiger partial charge in [-0.2, -0.15) is 0 Å². The molecule has 3 nitrogen and oxygen atoms in total. The van der Waals surface area contributed by atoms with Crippen LogP contribution in [0.4, 0.5) is 10.1 Å². The quantitative estimate of drug-likeness (QED) is 0.694. The van der Waals surface area contributed by atoms with Crippen molar-refractivity contribution in [3.63, 3.8) is 0 Å². The molecule has 0 aliphatic carbocycles. The van der Waals surface area contributed by atoms with E-state index < -0.39 is 11.8 Å². The zero-order valence-electron chi connectivity index (χ0n) is 9.90. The van der Waals surface area contributed by atoms with Crippen LogP contribution >= 0.6 is 15.9 Å². The molecule has 0 atom stereocenters. The van der Waals surface area contributed by atoms with E-state index in [0.717, 1.165) is 0 Å². The van der Waals surface area contributed by atoms with Crippen LogP contribution in [0.3, 0.4) is 0 Å². The minimum atomic E-state index is -0.545. The van der Waals surface area contributed by atoms with Crippen molar-refractivity contribution in [3.8, 4) is 0 Å². The number of rotatable bonds is 3. The van der Waals surface area contributed by atoms with Gasteiger partial charge >= 0.3 is 5.97 Å². The highest BCUT2D eigenvalue weighted by Crippen LogP contribution is 2.18. The molecule has 0 unspecified atom stereocenters. The Balaban J connectivity index is 2.08. The molecule has 0 saturated heterocycles. The number of carbonyl (C=O) groups is 1. The summed E-state index contributed by atoms with van der Waals surface area (Å²) in [5.41, 5.74) is 6.74. The number of ether oxygens (including phenoxy) is 1. The van der Waals surface area contributed by atoms with Gasteiger partial charge in [0.05, 0.1) is 5.56 Å². The highest BCUT2D eigenvalue weighted by Gasteiger charge is 2.10. The Hall–Kier alpha value is -1.88. The lowest BCUT2D eigenvalue weighted by atomic mass is 10.2. The first-order chi connectivity index (χ1) is 9.06. The molecule has 5 heteroatoms. The van der Waals surface area contributed by atoms with Crippen molar-refractivity contribution >= 4 is 27.6 Å². The molecule has 0 spiro atoms. The van der Waals surface area contributed by atoms with Gasteiger partial charge in [0.2, 0.25) is 0 Å². The first-order valence-electron chi connectivity index (χ1n) is 5.53. The summed E-state index contributed by atoms with van der Waals surface area (Å²) in [5.74, 6) is -0.944. The number of hydrogen-bond donors (Lipinski definition) is 1. The standard InChI is InChI=1S/C14H11BrFNO2/c15-11-5-10(6-12(17)7-11)14(18)19-8-9-3-1-2-4-13(9)16/h1-7H,8,17H2. The van der Waals surface area contributed by atoms with Gasteiger partial charge in [-0.25, -0.2) is 9.18 Å². The van der Waals surface area contributed by atoms with Crippen LogP contribution in [-0.2, 0) is 11.3 Å². The fourth-order valence-electron chi connectivity index (χ4n) is 1.57. The first kappa shape index (κ1) is 13.5. The Morgan fingerprint density at radius 1 is 1.26 bits per heavy atom. The minimum absolute atomic E-state index is 0.113. The highest BCUT2D eigenvalue weighted by atomic mass is 79.9. The van der Waals surface area contributed by atoms with Crippen LogP contribution in [0.2, 0.25) is 0 Å². The highest BCUT2D eigenvalue weighted by molar-refractivity contribution is 9.10. The molecule has 2 rings (SSSR count). The van der Waals surface area contributed by atoms with Crippen molar-refractivity contribution < 1.29 is 13.9 Å². The number of anilines is 1. The van der Waals surface area contributed by atoms with Crippen molar-refractivity contribution in [2.75, 3.05) is 5.73 Å². The molecule has 0 aliphatic heterocycles. The van der Waals surface area contributed by atoms with Gasteiger partial charge in [0.15, 0.2) is 0 Å². The molecule has 0 bridgehead atoms. The summed E-state index contributed by atoms with van der Waals surface area (Å²) >= 11 is 3.24. The average Bonchev–Trinajstić information content (AvgIpc) is 2.36. The van der Waals surface area contributed by atoms with Crippen LogP contribution in [0.5, 0.6) is 0 Å². The van der Waals surface area contributed by atoms with Gasteiger partial charge < -0.3 is 10.5 Å². The van der Waals surface area contributed by atoms with Gasteiger partial charge in [-0.05, 0) is 24.3 Å². The zero-order valence-corrected chi connectivity index (χ0v) is 11.5. The van der Waals surface area contributed by atoms with Crippen molar-refractivity contribution in [2.24, 2.45) is 0 Å². The van der Waals surface area contributed by atoms with Crippen LogP contribution < -0.4 is 5.73 Å². The van der Waals surface area contributed by atoms with Gasteiger partial charge in [0, 0.05) is 15.7 Å². The van der Waals surface area contributed by atoms with Gasteiger partial charge in [-0.3, -0.25) is 0 Å². The van der Waals surface area contributed by atoms with Crippen molar-refractivity contribution in [2.45, 2.75) is 6.61 Å². The third-order valence-electron chi connectivity index (χ3n) is 2.47. The molecule has 0 aliphatic rings. The van der Waals surface area contributed by atoms with Crippen LogP contribution in [0.15, 0.2) is 46.9 Å². The normalized spacial score (nSPS) is 10.2. The van der Waals surface area contributed by atoms with Crippen LogP contribution in [0.1, 0.15) is 15.9 Å². The second-order valence-electron chi connectivity index (χ2n) is 3.94. The summed E-state index contributed by atoms with van der Waals surface area (Å²) in [6, 6.07) is 10.9. The van der Waals surface area contributed by atoms with E-state index in [1.54, 1.807) is 30.3 Å².